The average molecular weight is 169 g/mol. The second-order valence-corrected chi connectivity index (χ2v) is 3.75. The average Bonchev–Trinajstić information content (AvgIpc) is 2.77. The molecule has 0 amide bonds. The molecule has 0 spiro atoms. The molecular formula is C8H11NOS. The van der Waals surface area contributed by atoms with E-state index in [9.17, 15) is 0 Å². The van der Waals surface area contributed by atoms with Gasteiger partial charge in [0.05, 0.1) is 0 Å². The van der Waals surface area contributed by atoms with Crippen LogP contribution in [0.4, 0.5) is 0 Å². The molecule has 2 nitrogen and oxygen atoms in total. The van der Waals surface area contributed by atoms with Gasteiger partial charge in [0.15, 0.2) is 0 Å². The largest absolute Gasteiger partial charge is 0.360 e. The van der Waals surface area contributed by atoms with Gasteiger partial charge >= 0.3 is 0 Å². The van der Waals surface area contributed by atoms with Gasteiger partial charge in [-0.2, -0.15) is 0 Å². The minimum atomic E-state index is 0.684. The molecule has 1 heterocycles. The van der Waals surface area contributed by atoms with Crippen LogP contribution in [0, 0.1) is 6.92 Å². The van der Waals surface area contributed by atoms with E-state index in [1.54, 1.807) is 11.8 Å². The Hall–Kier alpha value is -0.440. The summed E-state index contributed by atoms with van der Waals surface area (Å²) in [6.07, 6.45) is 4.59. The Bertz CT molecular complexity index is 265. The Morgan fingerprint density at radius 2 is 2.27 bits per heavy atom. The van der Waals surface area contributed by atoms with E-state index in [0.29, 0.717) is 5.92 Å². The highest BCUT2D eigenvalue weighted by Crippen LogP contribution is 2.43. The first-order valence-electron chi connectivity index (χ1n) is 3.83. The minimum absolute atomic E-state index is 0.684. The third kappa shape index (κ3) is 1.18. The first kappa shape index (κ1) is 7.22. The number of nitrogens with zero attached hydrogens (tertiary/aromatic N) is 1. The highest BCUT2D eigenvalue weighted by molar-refractivity contribution is 7.98. The van der Waals surface area contributed by atoms with Gasteiger partial charge in [0.1, 0.15) is 10.8 Å². The normalized spacial score (nSPS) is 17.3. The van der Waals surface area contributed by atoms with E-state index < -0.39 is 0 Å². The molecule has 11 heavy (non-hydrogen) atoms. The van der Waals surface area contributed by atoms with Crippen LogP contribution in [0.25, 0.3) is 0 Å². The number of rotatable bonds is 2. The van der Waals surface area contributed by atoms with Gasteiger partial charge in [-0.3, -0.25) is 0 Å². The first-order chi connectivity index (χ1) is 5.33. The van der Waals surface area contributed by atoms with Crippen molar-refractivity contribution in [2.45, 2.75) is 30.7 Å². The maximum atomic E-state index is 5.24. The fourth-order valence-electron chi connectivity index (χ4n) is 1.25. The lowest BCUT2D eigenvalue weighted by atomic mass is 10.2. The molecule has 1 aliphatic rings. The van der Waals surface area contributed by atoms with E-state index >= 15 is 0 Å². The summed E-state index contributed by atoms with van der Waals surface area (Å²) in [6, 6.07) is 0. The smallest absolute Gasteiger partial charge is 0.143 e. The second-order valence-electron chi connectivity index (χ2n) is 2.96. The molecular weight excluding hydrogens is 158 g/mol. The van der Waals surface area contributed by atoms with Crippen LogP contribution in [0.3, 0.4) is 0 Å². The van der Waals surface area contributed by atoms with Crippen molar-refractivity contribution in [3.63, 3.8) is 0 Å². The molecule has 0 aromatic carbocycles. The van der Waals surface area contributed by atoms with E-state index in [-0.39, 0.29) is 0 Å². The fraction of sp³-hybridized carbons (Fsp3) is 0.625. The van der Waals surface area contributed by atoms with Crippen LogP contribution in [-0.2, 0) is 0 Å². The van der Waals surface area contributed by atoms with Crippen LogP contribution in [0.5, 0.6) is 0 Å². The molecule has 0 bridgehead atoms. The van der Waals surface area contributed by atoms with Crippen LogP contribution in [0.15, 0.2) is 9.55 Å². The Morgan fingerprint density at radius 3 is 2.73 bits per heavy atom. The summed E-state index contributed by atoms with van der Waals surface area (Å²) >= 11 is 1.66. The Morgan fingerprint density at radius 1 is 1.55 bits per heavy atom. The van der Waals surface area contributed by atoms with Crippen molar-refractivity contribution in [1.29, 1.82) is 0 Å². The number of aromatic nitrogens is 1. The third-order valence-corrected chi connectivity index (χ3v) is 2.83. The summed E-state index contributed by atoms with van der Waals surface area (Å²) in [6.45, 7) is 2.09. The SMILES string of the molecule is CSc1noc(C2CC2)c1C. The molecule has 1 fully saturated rings. The quantitative estimate of drug-likeness (QED) is 0.636. The fourth-order valence-corrected chi connectivity index (χ4v) is 1.77. The maximum absolute atomic E-state index is 5.24. The highest BCUT2D eigenvalue weighted by atomic mass is 32.2. The molecule has 1 aromatic rings. The zero-order valence-corrected chi connectivity index (χ0v) is 7.57. The highest BCUT2D eigenvalue weighted by Gasteiger charge is 2.30. The van der Waals surface area contributed by atoms with E-state index in [0.717, 1.165) is 10.8 Å². The van der Waals surface area contributed by atoms with Crippen molar-refractivity contribution in [2.24, 2.45) is 0 Å². The van der Waals surface area contributed by atoms with Crippen molar-refractivity contribution >= 4 is 11.8 Å². The van der Waals surface area contributed by atoms with Crippen molar-refractivity contribution in [3.8, 4) is 0 Å². The van der Waals surface area contributed by atoms with Gasteiger partial charge in [-0.05, 0) is 26.0 Å². The number of hydrogen-bond acceptors (Lipinski definition) is 3. The summed E-state index contributed by atoms with van der Waals surface area (Å²) in [5.74, 6) is 1.80. The predicted octanol–water partition coefficient (Wildman–Crippen LogP) is 2.58. The summed E-state index contributed by atoms with van der Waals surface area (Å²) in [5.41, 5.74) is 1.25. The van der Waals surface area contributed by atoms with Crippen LogP contribution in [0.1, 0.15) is 30.1 Å². The number of hydrogen-bond donors (Lipinski definition) is 0. The van der Waals surface area contributed by atoms with Crippen molar-refractivity contribution in [3.05, 3.63) is 11.3 Å². The minimum Gasteiger partial charge on any atom is -0.360 e. The van der Waals surface area contributed by atoms with E-state index in [4.69, 9.17) is 4.52 Å². The zero-order valence-electron chi connectivity index (χ0n) is 6.76. The van der Waals surface area contributed by atoms with Crippen molar-refractivity contribution in [1.82, 2.24) is 5.16 Å². The molecule has 2 rings (SSSR count). The second kappa shape index (κ2) is 2.55. The lowest BCUT2D eigenvalue weighted by Crippen LogP contribution is -1.78. The third-order valence-electron chi connectivity index (χ3n) is 2.06. The van der Waals surface area contributed by atoms with Gasteiger partial charge in [0.25, 0.3) is 0 Å². The Labute approximate surface area is 70.3 Å². The molecule has 1 saturated carbocycles. The molecule has 0 atom stereocenters. The van der Waals surface area contributed by atoms with E-state index in [1.807, 2.05) is 6.26 Å². The molecule has 3 heteroatoms. The van der Waals surface area contributed by atoms with Gasteiger partial charge < -0.3 is 4.52 Å². The van der Waals surface area contributed by atoms with Crippen LogP contribution >= 0.6 is 11.8 Å². The van der Waals surface area contributed by atoms with Gasteiger partial charge in [-0.15, -0.1) is 11.8 Å². The van der Waals surface area contributed by atoms with Crippen LogP contribution < -0.4 is 0 Å². The monoisotopic (exact) mass is 169 g/mol. The molecule has 1 aromatic heterocycles. The Kier molecular flexibility index (Phi) is 1.68. The summed E-state index contributed by atoms with van der Waals surface area (Å²) < 4.78 is 5.24. The van der Waals surface area contributed by atoms with E-state index in [2.05, 4.69) is 12.1 Å². The summed E-state index contributed by atoms with van der Waals surface area (Å²) in [4.78, 5) is 0. The van der Waals surface area contributed by atoms with Gasteiger partial charge in [0.2, 0.25) is 0 Å². The number of thioether (sulfide) groups is 1. The molecule has 0 saturated heterocycles. The summed E-state index contributed by atoms with van der Waals surface area (Å²) in [5, 5.41) is 5.03. The predicted molar refractivity (Wildman–Crippen MR) is 45.0 cm³/mol. The maximum Gasteiger partial charge on any atom is 0.143 e. The van der Waals surface area contributed by atoms with Crippen LogP contribution in [0.2, 0.25) is 0 Å². The molecule has 1 aliphatic carbocycles. The van der Waals surface area contributed by atoms with Crippen molar-refractivity contribution in [2.75, 3.05) is 6.26 Å². The van der Waals surface area contributed by atoms with Gasteiger partial charge in [-0.25, -0.2) is 0 Å². The molecule has 0 N–H and O–H groups in total. The molecule has 0 radical (unpaired) electrons. The van der Waals surface area contributed by atoms with Crippen LogP contribution in [-0.4, -0.2) is 11.4 Å². The summed E-state index contributed by atoms with van der Waals surface area (Å²) in [7, 11) is 0. The molecule has 0 aliphatic heterocycles. The lowest BCUT2D eigenvalue weighted by Gasteiger charge is -1.90. The van der Waals surface area contributed by atoms with Gasteiger partial charge in [-0.1, -0.05) is 5.16 Å². The Balaban J connectivity index is 2.33. The van der Waals surface area contributed by atoms with Gasteiger partial charge in [0, 0.05) is 11.5 Å². The first-order valence-corrected chi connectivity index (χ1v) is 5.05. The standard InChI is InChI=1S/C8H11NOS/c1-5-7(6-3-4-6)10-9-8(5)11-2/h6H,3-4H2,1-2H3. The topological polar surface area (TPSA) is 26.0 Å². The molecule has 0 unspecified atom stereocenters. The molecule has 60 valence electrons. The zero-order chi connectivity index (χ0) is 7.84. The lowest BCUT2D eigenvalue weighted by molar-refractivity contribution is 0.371. The van der Waals surface area contributed by atoms with E-state index in [1.165, 1.54) is 18.4 Å². The van der Waals surface area contributed by atoms with Crippen molar-refractivity contribution < 1.29 is 4.52 Å².